The Labute approximate surface area is 161 Å². The molecule has 1 aromatic carbocycles. The van der Waals surface area contributed by atoms with Crippen molar-refractivity contribution >= 4 is 5.96 Å². The molecule has 0 spiro atoms. The maximum atomic E-state index is 10.5. The first kappa shape index (κ1) is 20.8. The van der Waals surface area contributed by atoms with Crippen molar-refractivity contribution in [3.63, 3.8) is 0 Å². The van der Waals surface area contributed by atoms with Crippen LogP contribution in [0.4, 0.5) is 0 Å². The number of nitrogens with zero attached hydrogens (tertiary/aromatic N) is 1. The second-order valence-corrected chi connectivity index (χ2v) is 6.74. The number of hydrogen-bond donors (Lipinski definition) is 3. The van der Waals surface area contributed by atoms with Crippen molar-refractivity contribution in [1.29, 1.82) is 0 Å². The van der Waals surface area contributed by atoms with Gasteiger partial charge in [0.05, 0.1) is 19.4 Å². The van der Waals surface area contributed by atoms with E-state index in [0.717, 1.165) is 31.7 Å². The predicted molar refractivity (Wildman–Crippen MR) is 108 cm³/mol. The van der Waals surface area contributed by atoms with Crippen LogP contribution in [0.3, 0.4) is 0 Å². The average Bonchev–Trinajstić information content (AvgIpc) is 3.20. The van der Waals surface area contributed by atoms with Crippen LogP contribution in [0.2, 0.25) is 0 Å². The third-order valence-electron chi connectivity index (χ3n) is 4.09. The van der Waals surface area contributed by atoms with Gasteiger partial charge in [-0.2, -0.15) is 0 Å². The van der Waals surface area contributed by atoms with Gasteiger partial charge in [-0.3, -0.25) is 0 Å². The van der Waals surface area contributed by atoms with Gasteiger partial charge >= 0.3 is 0 Å². The minimum atomic E-state index is -1.13. The molecule has 2 rings (SSSR count). The van der Waals surface area contributed by atoms with Crippen molar-refractivity contribution in [2.45, 2.75) is 39.2 Å². The lowest BCUT2D eigenvalue weighted by Gasteiger charge is -2.19. The Morgan fingerprint density at radius 3 is 2.63 bits per heavy atom. The van der Waals surface area contributed by atoms with E-state index < -0.39 is 5.60 Å². The summed E-state index contributed by atoms with van der Waals surface area (Å²) in [7, 11) is 0. The fraction of sp³-hybridized carbons (Fsp3) is 0.476. The number of nitrogens with one attached hydrogen (secondary N) is 2. The van der Waals surface area contributed by atoms with Gasteiger partial charge in [-0.05, 0) is 57.9 Å². The highest BCUT2D eigenvalue weighted by Crippen LogP contribution is 2.21. The molecular formula is C21H31N3O3. The van der Waals surface area contributed by atoms with E-state index in [1.165, 1.54) is 5.56 Å². The molecule has 1 atom stereocenters. The Hall–Kier alpha value is -2.47. The zero-order valence-corrected chi connectivity index (χ0v) is 16.5. The molecule has 0 aliphatic carbocycles. The average molecular weight is 373 g/mol. The molecule has 0 aliphatic heterocycles. The molecule has 1 unspecified atom stereocenters. The Bertz CT molecular complexity index is 679. The zero-order valence-electron chi connectivity index (χ0n) is 16.5. The first-order valence-corrected chi connectivity index (χ1v) is 9.49. The Morgan fingerprint density at radius 1 is 1.19 bits per heavy atom. The summed E-state index contributed by atoms with van der Waals surface area (Å²) in [6.07, 6.45) is 3.46. The van der Waals surface area contributed by atoms with E-state index in [9.17, 15) is 5.11 Å². The van der Waals surface area contributed by atoms with E-state index >= 15 is 0 Å². The minimum absolute atomic E-state index is 0.215. The molecule has 0 saturated carbocycles. The summed E-state index contributed by atoms with van der Waals surface area (Å²) in [5, 5.41) is 17.0. The summed E-state index contributed by atoms with van der Waals surface area (Å²) >= 11 is 0. The second kappa shape index (κ2) is 10.6. The number of ether oxygens (including phenoxy) is 1. The van der Waals surface area contributed by atoms with Crippen LogP contribution in [0.25, 0.3) is 0 Å². The first-order valence-electron chi connectivity index (χ1n) is 9.49. The van der Waals surface area contributed by atoms with Crippen LogP contribution in [0, 0.1) is 6.92 Å². The van der Waals surface area contributed by atoms with Gasteiger partial charge in [0.25, 0.3) is 0 Å². The van der Waals surface area contributed by atoms with Crippen LogP contribution in [0.5, 0.6) is 5.75 Å². The normalized spacial score (nSPS) is 13.9. The van der Waals surface area contributed by atoms with Gasteiger partial charge in [-0.1, -0.05) is 17.7 Å². The topological polar surface area (TPSA) is 79.0 Å². The van der Waals surface area contributed by atoms with Gasteiger partial charge in [-0.25, -0.2) is 4.99 Å². The molecule has 0 aliphatic rings. The number of aliphatic hydroxyl groups is 1. The van der Waals surface area contributed by atoms with E-state index in [-0.39, 0.29) is 6.54 Å². The van der Waals surface area contributed by atoms with Gasteiger partial charge in [0.1, 0.15) is 17.1 Å². The zero-order chi connectivity index (χ0) is 19.5. The first-order chi connectivity index (χ1) is 13.0. The molecule has 6 nitrogen and oxygen atoms in total. The molecule has 1 heterocycles. The summed E-state index contributed by atoms with van der Waals surface area (Å²) in [4.78, 5) is 4.47. The predicted octanol–water partition coefficient (Wildman–Crippen LogP) is 3.21. The summed E-state index contributed by atoms with van der Waals surface area (Å²) in [5.41, 5.74) is 0.0982. The quantitative estimate of drug-likeness (QED) is 0.339. The van der Waals surface area contributed by atoms with E-state index in [2.05, 4.69) is 22.5 Å². The maximum absolute atomic E-state index is 10.5. The number of unbranched alkanes of at least 4 members (excludes halogenated alkanes) is 1. The fourth-order valence-electron chi connectivity index (χ4n) is 2.50. The summed E-state index contributed by atoms with van der Waals surface area (Å²) in [6, 6.07) is 11.6. The molecule has 0 fully saturated rings. The van der Waals surface area contributed by atoms with Crippen LogP contribution < -0.4 is 15.4 Å². The number of guanidine groups is 1. The lowest BCUT2D eigenvalue weighted by molar-refractivity contribution is 0.0437. The molecule has 2 aromatic rings. The molecule has 0 radical (unpaired) electrons. The van der Waals surface area contributed by atoms with Gasteiger partial charge < -0.3 is 24.9 Å². The highest BCUT2D eigenvalue weighted by Gasteiger charge is 2.25. The number of aryl methyl sites for hydroxylation is 1. The molecule has 6 heteroatoms. The number of benzene rings is 1. The Kier molecular flexibility index (Phi) is 8.20. The number of hydrogen-bond acceptors (Lipinski definition) is 4. The third kappa shape index (κ3) is 7.35. The SMILES string of the molecule is CCNC(=NCC(C)(O)c1ccco1)NCCCCOc1ccc(C)cc1. The number of furan rings is 1. The van der Waals surface area contributed by atoms with Crippen LogP contribution in [0.1, 0.15) is 38.0 Å². The van der Waals surface area contributed by atoms with Crippen molar-refractivity contribution in [2.75, 3.05) is 26.2 Å². The van der Waals surface area contributed by atoms with Crippen molar-refractivity contribution in [3.8, 4) is 5.75 Å². The van der Waals surface area contributed by atoms with Crippen LogP contribution in [-0.4, -0.2) is 37.3 Å². The molecule has 0 amide bonds. The fourth-order valence-corrected chi connectivity index (χ4v) is 2.50. The monoisotopic (exact) mass is 373 g/mol. The molecule has 0 saturated heterocycles. The lowest BCUT2D eigenvalue weighted by Crippen LogP contribution is -2.39. The highest BCUT2D eigenvalue weighted by molar-refractivity contribution is 5.79. The van der Waals surface area contributed by atoms with E-state index in [1.54, 1.807) is 25.3 Å². The van der Waals surface area contributed by atoms with Crippen LogP contribution in [0.15, 0.2) is 52.1 Å². The molecule has 0 bridgehead atoms. The van der Waals surface area contributed by atoms with E-state index in [0.29, 0.717) is 18.3 Å². The van der Waals surface area contributed by atoms with Crippen molar-refractivity contribution in [2.24, 2.45) is 4.99 Å². The second-order valence-electron chi connectivity index (χ2n) is 6.74. The maximum Gasteiger partial charge on any atom is 0.191 e. The third-order valence-corrected chi connectivity index (χ3v) is 4.09. The van der Waals surface area contributed by atoms with Gasteiger partial charge in [0.15, 0.2) is 5.96 Å². The van der Waals surface area contributed by atoms with E-state index in [4.69, 9.17) is 9.15 Å². The number of rotatable bonds is 10. The lowest BCUT2D eigenvalue weighted by atomic mass is 10.0. The summed E-state index contributed by atoms with van der Waals surface area (Å²) in [5.74, 6) is 2.10. The van der Waals surface area contributed by atoms with Crippen LogP contribution in [-0.2, 0) is 5.60 Å². The smallest absolute Gasteiger partial charge is 0.191 e. The van der Waals surface area contributed by atoms with Crippen LogP contribution >= 0.6 is 0 Å². The van der Waals surface area contributed by atoms with Gasteiger partial charge in [0, 0.05) is 13.1 Å². The Morgan fingerprint density at radius 2 is 1.96 bits per heavy atom. The summed E-state index contributed by atoms with van der Waals surface area (Å²) in [6.45, 7) is 8.21. The molecule has 148 valence electrons. The van der Waals surface area contributed by atoms with E-state index in [1.807, 2.05) is 31.2 Å². The van der Waals surface area contributed by atoms with Gasteiger partial charge in [-0.15, -0.1) is 0 Å². The van der Waals surface area contributed by atoms with Crippen molar-refractivity contribution in [3.05, 3.63) is 54.0 Å². The largest absolute Gasteiger partial charge is 0.494 e. The Balaban J connectivity index is 1.70. The molecular weight excluding hydrogens is 342 g/mol. The molecule has 3 N–H and O–H groups in total. The van der Waals surface area contributed by atoms with Crippen molar-refractivity contribution in [1.82, 2.24) is 10.6 Å². The molecule has 27 heavy (non-hydrogen) atoms. The highest BCUT2D eigenvalue weighted by atomic mass is 16.5. The minimum Gasteiger partial charge on any atom is -0.494 e. The number of aliphatic imine (C=N–C) groups is 1. The van der Waals surface area contributed by atoms with Crippen molar-refractivity contribution < 1.29 is 14.3 Å². The molecule has 1 aromatic heterocycles. The standard InChI is InChI=1S/C21H31N3O3/c1-4-22-20(24-16-21(3,25)19-8-7-15-27-19)23-13-5-6-14-26-18-11-9-17(2)10-12-18/h7-12,15,25H,4-6,13-14,16H2,1-3H3,(H2,22,23,24). The summed E-state index contributed by atoms with van der Waals surface area (Å²) < 4.78 is 11.0. The van der Waals surface area contributed by atoms with Gasteiger partial charge in [0.2, 0.25) is 0 Å².